The van der Waals surface area contributed by atoms with Crippen molar-refractivity contribution in [3.8, 4) is 11.6 Å². The van der Waals surface area contributed by atoms with Crippen LogP contribution in [0.25, 0.3) is 11.6 Å². The molecule has 0 atom stereocenters. The van der Waals surface area contributed by atoms with Gasteiger partial charge in [-0.15, -0.1) is 11.3 Å². The molecule has 3 aromatic rings. The van der Waals surface area contributed by atoms with Crippen molar-refractivity contribution >= 4 is 52.6 Å². The van der Waals surface area contributed by atoms with Crippen molar-refractivity contribution < 1.29 is 19.7 Å². The molecule has 1 aliphatic rings. The molecule has 0 bridgehead atoms. The van der Waals surface area contributed by atoms with Gasteiger partial charge in [-0.2, -0.15) is 0 Å². The van der Waals surface area contributed by atoms with Crippen LogP contribution in [0.15, 0.2) is 53.5 Å². The zero-order chi connectivity index (χ0) is 20.5. The standard InChI is InChI=1S/C21H16N2O4S2/c1-27-13-7-8-14-15(18(20(25)26)22-16(14)9-13)10-17-19(24)23(21(28)29-17)11-12-5-3-2-4-6-12/h2-10,24H,11H2,1H3,(H,25,26)/b15-10-. The fourth-order valence-corrected chi connectivity index (χ4v) is 4.37. The van der Waals surface area contributed by atoms with Gasteiger partial charge in [-0.25, -0.2) is 9.79 Å². The molecule has 8 heteroatoms. The number of aromatic nitrogens is 1. The minimum absolute atomic E-state index is 0.00283. The second-order valence-electron chi connectivity index (χ2n) is 6.33. The molecule has 1 aromatic heterocycles. The predicted octanol–water partition coefficient (Wildman–Crippen LogP) is 4.75. The van der Waals surface area contributed by atoms with E-state index < -0.39 is 5.97 Å². The van der Waals surface area contributed by atoms with Crippen molar-refractivity contribution in [2.45, 2.75) is 6.54 Å². The van der Waals surface area contributed by atoms with E-state index in [4.69, 9.17) is 17.0 Å². The van der Waals surface area contributed by atoms with Crippen LogP contribution >= 0.6 is 23.6 Å². The van der Waals surface area contributed by atoms with E-state index in [1.165, 1.54) is 18.4 Å². The molecule has 2 heterocycles. The van der Waals surface area contributed by atoms with Gasteiger partial charge in [-0.05, 0) is 36.0 Å². The Labute approximate surface area is 175 Å². The topological polar surface area (TPSA) is 84.0 Å². The first-order valence-corrected chi connectivity index (χ1v) is 9.89. The summed E-state index contributed by atoms with van der Waals surface area (Å²) < 4.78 is 7.32. The number of aromatic hydroxyl groups is 1. The molecule has 2 N–H and O–H groups in total. The number of carboxylic acid groups (broad SMARTS) is 1. The number of aliphatic carboxylic acids is 1. The number of hydrogen-bond donors (Lipinski definition) is 2. The number of carbonyl (C=O) groups is 1. The van der Waals surface area contributed by atoms with Gasteiger partial charge in [-0.1, -0.05) is 30.3 Å². The molecule has 29 heavy (non-hydrogen) atoms. The highest BCUT2D eigenvalue weighted by Gasteiger charge is 2.27. The minimum Gasteiger partial charge on any atom is -0.497 e. The predicted molar refractivity (Wildman–Crippen MR) is 116 cm³/mol. The van der Waals surface area contributed by atoms with Crippen molar-refractivity contribution in [2.75, 3.05) is 7.11 Å². The number of carboxylic acids is 1. The maximum Gasteiger partial charge on any atom is 0.355 e. The molecule has 0 amide bonds. The van der Waals surface area contributed by atoms with E-state index >= 15 is 0 Å². The van der Waals surface area contributed by atoms with Gasteiger partial charge in [0.25, 0.3) is 0 Å². The van der Waals surface area contributed by atoms with Crippen molar-refractivity contribution in [1.82, 2.24) is 4.57 Å². The molecule has 6 nitrogen and oxygen atoms in total. The number of rotatable bonds is 5. The van der Waals surface area contributed by atoms with Gasteiger partial charge in [0.1, 0.15) is 5.75 Å². The Morgan fingerprint density at radius 3 is 2.72 bits per heavy atom. The van der Waals surface area contributed by atoms with Crippen LogP contribution in [0.3, 0.4) is 0 Å². The molecule has 0 radical (unpaired) electrons. The molecule has 0 unspecified atom stereocenters. The van der Waals surface area contributed by atoms with Crippen molar-refractivity contribution in [1.29, 1.82) is 0 Å². The second-order valence-corrected chi connectivity index (χ2v) is 8.01. The Kier molecular flexibility index (Phi) is 5.04. The van der Waals surface area contributed by atoms with Crippen molar-refractivity contribution in [3.05, 3.63) is 68.5 Å². The van der Waals surface area contributed by atoms with Crippen molar-refractivity contribution in [2.24, 2.45) is 4.99 Å². The highest BCUT2D eigenvalue weighted by atomic mass is 32.1. The van der Waals surface area contributed by atoms with E-state index in [0.717, 1.165) is 5.56 Å². The van der Waals surface area contributed by atoms with Crippen LogP contribution in [0, 0.1) is 3.95 Å². The van der Waals surface area contributed by atoms with E-state index in [9.17, 15) is 15.0 Å². The Morgan fingerprint density at radius 1 is 1.28 bits per heavy atom. The number of ether oxygens (including phenoxy) is 1. The molecular weight excluding hydrogens is 408 g/mol. The van der Waals surface area contributed by atoms with Crippen LogP contribution in [0.4, 0.5) is 5.69 Å². The lowest BCUT2D eigenvalue weighted by atomic mass is 10.0. The minimum atomic E-state index is -1.14. The van der Waals surface area contributed by atoms with Gasteiger partial charge in [0.05, 0.1) is 24.2 Å². The van der Waals surface area contributed by atoms with Gasteiger partial charge in [-0.3, -0.25) is 4.57 Å². The molecule has 0 spiro atoms. The summed E-state index contributed by atoms with van der Waals surface area (Å²) in [7, 11) is 1.54. The first kappa shape index (κ1) is 19.1. The molecule has 0 saturated heterocycles. The fraction of sp³-hybridized carbons (Fsp3) is 0.0952. The van der Waals surface area contributed by atoms with E-state index in [1.807, 2.05) is 30.3 Å². The first-order valence-electron chi connectivity index (χ1n) is 8.67. The van der Waals surface area contributed by atoms with E-state index in [-0.39, 0.29) is 11.6 Å². The molecular formula is C21H16N2O4S2. The molecule has 0 saturated carbocycles. The lowest BCUT2D eigenvalue weighted by Crippen LogP contribution is -2.11. The fourth-order valence-electron chi connectivity index (χ4n) is 3.12. The van der Waals surface area contributed by atoms with Gasteiger partial charge in [0.2, 0.25) is 5.88 Å². The summed E-state index contributed by atoms with van der Waals surface area (Å²) in [6.45, 7) is 0.429. The summed E-state index contributed by atoms with van der Waals surface area (Å²) in [5.41, 5.74) is 2.52. The third-order valence-corrected chi connectivity index (χ3v) is 5.92. The smallest absolute Gasteiger partial charge is 0.355 e. The quantitative estimate of drug-likeness (QED) is 0.577. The van der Waals surface area contributed by atoms with Gasteiger partial charge in [0, 0.05) is 17.2 Å². The van der Waals surface area contributed by atoms with Gasteiger partial charge < -0.3 is 14.9 Å². The summed E-state index contributed by atoms with van der Waals surface area (Å²) in [6.07, 6.45) is 1.63. The molecule has 2 aromatic carbocycles. The number of benzene rings is 2. The molecule has 1 aliphatic heterocycles. The monoisotopic (exact) mass is 424 g/mol. The van der Waals surface area contributed by atoms with E-state index in [1.54, 1.807) is 28.8 Å². The number of aliphatic imine (C=N–C) groups is 1. The maximum atomic E-state index is 11.7. The van der Waals surface area contributed by atoms with Gasteiger partial charge >= 0.3 is 5.97 Å². The molecule has 0 aliphatic carbocycles. The number of fused-ring (bicyclic) bond motifs is 1. The molecule has 0 fully saturated rings. The average molecular weight is 425 g/mol. The van der Waals surface area contributed by atoms with E-state index in [0.29, 0.717) is 37.9 Å². The Bertz CT molecular complexity index is 1220. The van der Waals surface area contributed by atoms with E-state index in [2.05, 4.69) is 4.99 Å². The van der Waals surface area contributed by atoms with Crippen LogP contribution in [0.5, 0.6) is 11.6 Å². The highest BCUT2D eigenvalue weighted by molar-refractivity contribution is 7.73. The third kappa shape index (κ3) is 3.59. The summed E-state index contributed by atoms with van der Waals surface area (Å²) in [6, 6.07) is 14.9. The van der Waals surface area contributed by atoms with Crippen LogP contribution < -0.4 is 4.74 Å². The summed E-state index contributed by atoms with van der Waals surface area (Å²) in [5.74, 6) is -0.549. The number of thiazole rings is 1. The maximum absolute atomic E-state index is 11.7. The number of methoxy groups -OCH3 is 1. The van der Waals surface area contributed by atoms with Crippen LogP contribution in [0.1, 0.15) is 16.0 Å². The summed E-state index contributed by atoms with van der Waals surface area (Å²) in [4.78, 5) is 16.4. The number of nitrogens with zero attached hydrogens (tertiary/aromatic N) is 2. The first-order chi connectivity index (χ1) is 14.0. The van der Waals surface area contributed by atoms with Crippen molar-refractivity contribution in [3.63, 3.8) is 0 Å². The number of hydrogen-bond acceptors (Lipinski definition) is 6. The van der Waals surface area contributed by atoms with Crippen LogP contribution in [-0.2, 0) is 11.3 Å². The Balaban J connectivity index is 1.78. The Morgan fingerprint density at radius 2 is 2.03 bits per heavy atom. The molecule has 146 valence electrons. The van der Waals surface area contributed by atoms with Gasteiger partial charge in [0.15, 0.2) is 9.67 Å². The average Bonchev–Trinajstić information content (AvgIpc) is 3.21. The van der Waals surface area contributed by atoms with Crippen LogP contribution in [-0.4, -0.2) is 33.6 Å². The SMILES string of the molecule is COc1ccc2c(c1)N=C(C(=O)O)/C2=C\c1sc(=S)n(Cc2ccccc2)c1O. The zero-order valence-electron chi connectivity index (χ0n) is 15.3. The largest absolute Gasteiger partial charge is 0.497 e. The zero-order valence-corrected chi connectivity index (χ0v) is 17.0. The summed E-state index contributed by atoms with van der Waals surface area (Å²) in [5, 5.41) is 20.3. The Hall–Kier alpha value is -3.23. The second kappa shape index (κ2) is 7.65. The molecule has 4 rings (SSSR count). The lowest BCUT2D eigenvalue weighted by Gasteiger charge is -2.06. The third-order valence-electron chi connectivity index (χ3n) is 4.54. The van der Waals surface area contributed by atoms with Crippen LogP contribution in [0.2, 0.25) is 0 Å². The highest BCUT2D eigenvalue weighted by Crippen LogP contribution is 2.40. The lowest BCUT2D eigenvalue weighted by molar-refractivity contribution is -0.129. The summed E-state index contributed by atoms with van der Waals surface area (Å²) >= 11 is 6.64. The normalized spacial score (nSPS) is 14.0.